The standard InChI is InChI=1S/C54H103NO5/c1-3-5-7-9-11-13-15-16-21-25-28-32-36-40-44-48-54(59)60-49-45-41-37-33-29-26-23-20-18-17-19-22-24-27-31-35-39-43-47-53(58)55-51(50-56)52(57)46-42-38-34-30-14-12-10-8-6-4-2/h11,13,16,21,51-52,56-57H,3-10,12,14-15,17-20,22-50H2,1-2H3,(H,55,58)/b13-11-,21-16-. The maximum atomic E-state index is 12.4. The molecule has 0 radical (unpaired) electrons. The third-order valence-corrected chi connectivity index (χ3v) is 12.3. The third kappa shape index (κ3) is 45.9. The van der Waals surface area contributed by atoms with Gasteiger partial charge >= 0.3 is 5.97 Å². The van der Waals surface area contributed by atoms with E-state index in [1.165, 1.54) is 199 Å². The molecule has 0 saturated carbocycles. The SMILES string of the molecule is CCCCC/C=C\C/C=C\CCCCCCCC(=O)OCCCCCCCCCCCCCCCCCCCCC(=O)NC(CO)C(O)CCCCCCCCCCCC. The van der Waals surface area contributed by atoms with Crippen molar-refractivity contribution in [3.05, 3.63) is 24.3 Å². The molecule has 6 nitrogen and oxygen atoms in total. The summed E-state index contributed by atoms with van der Waals surface area (Å²) < 4.78 is 5.46. The molecule has 0 aliphatic rings. The molecule has 6 heteroatoms. The second kappa shape index (κ2) is 50.0. The smallest absolute Gasteiger partial charge is 0.305 e. The van der Waals surface area contributed by atoms with Crippen molar-refractivity contribution in [3.63, 3.8) is 0 Å². The summed E-state index contributed by atoms with van der Waals surface area (Å²) in [5, 5.41) is 23.1. The second-order valence-electron chi connectivity index (χ2n) is 18.2. The Balaban J connectivity index is 3.39. The predicted octanol–water partition coefficient (Wildman–Crippen LogP) is 15.9. The summed E-state index contributed by atoms with van der Waals surface area (Å²) in [4.78, 5) is 24.4. The molecule has 0 bridgehead atoms. The lowest BCUT2D eigenvalue weighted by atomic mass is 10.0. The maximum Gasteiger partial charge on any atom is 0.305 e. The number of nitrogens with one attached hydrogen (secondary N) is 1. The third-order valence-electron chi connectivity index (χ3n) is 12.3. The van der Waals surface area contributed by atoms with Crippen LogP contribution in [0.5, 0.6) is 0 Å². The van der Waals surface area contributed by atoms with E-state index >= 15 is 0 Å². The Labute approximate surface area is 373 Å². The number of hydrogen-bond acceptors (Lipinski definition) is 5. The van der Waals surface area contributed by atoms with E-state index in [9.17, 15) is 19.8 Å². The minimum Gasteiger partial charge on any atom is -0.466 e. The fourth-order valence-corrected chi connectivity index (χ4v) is 8.14. The average Bonchev–Trinajstić information content (AvgIpc) is 3.25. The molecule has 0 fully saturated rings. The Morgan fingerprint density at radius 3 is 1.30 bits per heavy atom. The molecule has 0 spiro atoms. The number of unbranched alkanes of at least 4 members (excludes halogenated alkanes) is 34. The van der Waals surface area contributed by atoms with Crippen LogP contribution >= 0.6 is 0 Å². The average molecular weight is 846 g/mol. The quantitative estimate of drug-likeness (QED) is 0.0322. The molecule has 0 aliphatic carbocycles. The van der Waals surface area contributed by atoms with Gasteiger partial charge in [-0.3, -0.25) is 9.59 Å². The van der Waals surface area contributed by atoms with Crippen molar-refractivity contribution >= 4 is 11.9 Å². The fraction of sp³-hybridized carbons (Fsp3) is 0.889. The van der Waals surface area contributed by atoms with Gasteiger partial charge in [-0.25, -0.2) is 0 Å². The van der Waals surface area contributed by atoms with Crippen LogP contribution in [-0.2, 0) is 14.3 Å². The number of carbonyl (C=O) groups excluding carboxylic acids is 2. The molecule has 1 amide bonds. The van der Waals surface area contributed by atoms with Crippen molar-refractivity contribution in [2.24, 2.45) is 0 Å². The first-order valence-corrected chi connectivity index (χ1v) is 26.6. The first-order chi connectivity index (χ1) is 29.5. The Hall–Kier alpha value is -1.66. The molecule has 0 aromatic rings. The molecule has 0 heterocycles. The number of ether oxygens (including phenoxy) is 1. The highest BCUT2D eigenvalue weighted by Gasteiger charge is 2.20. The zero-order valence-electron chi connectivity index (χ0n) is 40.2. The highest BCUT2D eigenvalue weighted by Crippen LogP contribution is 2.17. The summed E-state index contributed by atoms with van der Waals surface area (Å²) >= 11 is 0. The normalized spacial score (nSPS) is 12.8. The Morgan fingerprint density at radius 2 is 0.833 bits per heavy atom. The minimum absolute atomic E-state index is 0.00696. The van der Waals surface area contributed by atoms with Crippen LogP contribution in [0.1, 0.15) is 284 Å². The van der Waals surface area contributed by atoms with Gasteiger partial charge in [-0.2, -0.15) is 0 Å². The molecule has 0 aromatic carbocycles. The van der Waals surface area contributed by atoms with E-state index in [0.29, 0.717) is 25.9 Å². The lowest BCUT2D eigenvalue weighted by molar-refractivity contribution is -0.143. The van der Waals surface area contributed by atoms with Gasteiger partial charge in [0.2, 0.25) is 5.91 Å². The van der Waals surface area contributed by atoms with Gasteiger partial charge < -0.3 is 20.3 Å². The summed E-state index contributed by atoms with van der Waals surface area (Å²) in [5.74, 6) is -0.0480. The van der Waals surface area contributed by atoms with Crippen LogP contribution in [-0.4, -0.2) is 47.4 Å². The maximum absolute atomic E-state index is 12.4. The van der Waals surface area contributed by atoms with Crippen LogP contribution in [0.4, 0.5) is 0 Å². The van der Waals surface area contributed by atoms with Crippen molar-refractivity contribution in [2.45, 2.75) is 296 Å². The Bertz CT molecular complexity index is 935. The zero-order valence-corrected chi connectivity index (χ0v) is 40.2. The summed E-state index contributed by atoms with van der Waals surface area (Å²) in [6.45, 7) is 4.90. The van der Waals surface area contributed by atoms with Gasteiger partial charge in [-0.05, 0) is 57.8 Å². The van der Waals surface area contributed by atoms with Crippen molar-refractivity contribution < 1.29 is 24.5 Å². The van der Waals surface area contributed by atoms with Gasteiger partial charge in [0.1, 0.15) is 0 Å². The van der Waals surface area contributed by atoms with E-state index in [1.54, 1.807) is 0 Å². The summed E-state index contributed by atoms with van der Waals surface area (Å²) in [7, 11) is 0. The number of esters is 1. The highest BCUT2D eigenvalue weighted by molar-refractivity contribution is 5.76. The molecule has 3 N–H and O–H groups in total. The number of aliphatic hydroxyl groups is 2. The van der Waals surface area contributed by atoms with Crippen LogP contribution < -0.4 is 5.32 Å². The Kier molecular flexibility index (Phi) is 48.6. The molecule has 0 saturated heterocycles. The zero-order chi connectivity index (χ0) is 43.7. The van der Waals surface area contributed by atoms with E-state index in [-0.39, 0.29) is 18.5 Å². The largest absolute Gasteiger partial charge is 0.466 e. The molecule has 0 rings (SSSR count). The first-order valence-electron chi connectivity index (χ1n) is 26.6. The second-order valence-corrected chi connectivity index (χ2v) is 18.2. The summed E-state index contributed by atoms with van der Waals surface area (Å²) in [6.07, 6.45) is 58.7. The summed E-state index contributed by atoms with van der Waals surface area (Å²) in [6, 6.07) is -0.543. The molecule has 0 aliphatic heterocycles. The lowest BCUT2D eigenvalue weighted by Gasteiger charge is -2.22. The molecule has 0 aromatic heterocycles. The van der Waals surface area contributed by atoms with Gasteiger partial charge in [0, 0.05) is 12.8 Å². The Morgan fingerprint density at radius 1 is 0.467 bits per heavy atom. The first kappa shape index (κ1) is 58.3. The van der Waals surface area contributed by atoms with E-state index in [0.717, 1.165) is 51.4 Å². The van der Waals surface area contributed by atoms with Crippen LogP contribution in [0.3, 0.4) is 0 Å². The van der Waals surface area contributed by atoms with Gasteiger partial charge in [-0.15, -0.1) is 0 Å². The number of amides is 1. The van der Waals surface area contributed by atoms with Crippen LogP contribution in [0.25, 0.3) is 0 Å². The van der Waals surface area contributed by atoms with Gasteiger partial charge in [-0.1, -0.05) is 237 Å². The summed E-state index contributed by atoms with van der Waals surface area (Å²) in [5.41, 5.74) is 0. The number of carbonyl (C=O) groups is 2. The number of hydrogen-bond donors (Lipinski definition) is 3. The number of aliphatic hydroxyl groups excluding tert-OH is 2. The fourth-order valence-electron chi connectivity index (χ4n) is 8.14. The van der Waals surface area contributed by atoms with E-state index in [1.807, 2.05) is 0 Å². The van der Waals surface area contributed by atoms with Crippen LogP contribution in [0, 0.1) is 0 Å². The van der Waals surface area contributed by atoms with E-state index in [2.05, 4.69) is 43.5 Å². The molecule has 2 atom stereocenters. The van der Waals surface area contributed by atoms with Gasteiger partial charge in [0.15, 0.2) is 0 Å². The highest BCUT2D eigenvalue weighted by atomic mass is 16.5. The van der Waals surface area contributed by atoms with Crippen molar-refractivity contribution in [2.75, 3.05) is 13.2 Å². The van der Waals surface area contributed by atoms with Crippen LogP contribution in [0.2, 0.25) is 0 Å². The molecule has 2 unspecified atom stereocenters. The monoisotopic (exact) mass is 846 g/mol. The lowest BCUT2D eigenvalue weighted by Crippen LogP contribution is -2.45. The molecule has 60 heavy (non-hydrogen) atoms. The van der Waals surface area contributed by atoms with Crippen LogP contribution in [0.15, 0.2) is 24.3 Å². The van der Waals surface area contributed by atoms with Gasteiger partial charge in [0.25, 0.3) is 0 Å². The van der Waals surface area contributed by atoms with Crippen molar-refractivity contribution in [1.82, 2.24) is 5.32 Å². The molecular formula is C54H103NO5. The minimum atomic E-state index is -0.665. The molecular weight excluding hydrogens is 743 g/mol. The van der Waals surface area contributed by atoms with E-state index in [4.69, 9.17) is 4.74 Å². The van der Waals surface area contributed by atoms with Crippen molar-refractivity contribution in [3.8, 4) is 0 Å². The molecule has 354 valence electrons. The van der Waals surface area contributed by atoms with Crippen molar-refractivity contribution in [1.29, 1.82) is 0 Å². The topological polar surface area (TPSA) is 95.9 Å². The van der Waals surface area contributed by atoms with Gasteiger partial charge in [0.05, 0.1) is 25.4 Å². The number of rotatable bonds is 49. The van der Waals surface area contributed by atoms with E-state index < -0.39 is 12.1 Å². The number of allylic oxidation sites excluding steroid dienone is 4. The predicted molar refractivity (Wildman–Crippen MR) is 260 cm³/mol.